The lowest BCUT2D eigenvalue weighted by Gasteiger charge is -2.19. The van der Waals surface area contributed by atoms with Crippen LogP contribution in [-0.2, 0) is 16.2 Å². The summed E-state index contributed by atoms with van der Waals surface area (Å²) >= 11 is 1.58. The number of nitrogens with zero attached hydrogens (tertiary/aromatic N) is 3. The number of rotatable bonds is 4. The zero-order valence-corrected chi connectivity index (χ0v) is 12.7. The van der Waals surface area contributed by atoms with Gasteiger partial charge < -0.3 is 10.2 Å². The Bertz CT molecular complexity index is 677. The number of thiophene rings is 1. The van der Waals surface area contributed by atoms with E-state index in [1.54, 1.807) is 29.0 Å². The van der Waals surface area contributed by atoms with Gasteiger partial charge in [0.25, 0.3) is 5.91 Å². The van der Waals surface area contributed by atoms with E-state index in [0.29, 0.717) is 12.2 Å². The second kappa shape index (κ2) is 5.33. The van der Waals surface area contributed by atoms with Gasteiger partial charge in [0, 0.05) is 25.2 Å². The normalized spacial score (nSPS) is 21.0. The highest BCUT2D eigenvalue weighted by molar-refractivity contribution is 7.12. The number of oxime groups is 1. The first-order valence-corrected chi connectivity index (χ1v) is 7.62. The molecule has 1 atom stereocenters. The van der Waals surface area contributed by atoms with Crippen LogP contribution >= 0.6 is 11.3 Å². The third-order valence-corrected chi connectivity index (χ3v) is 4.27. The Morgan fingerprint density at radius 3 is 3.10 bits per heavy atom. The molecule has 110 valence electrons. The standard InChI is InChI=1S/C14H16N4O2S/c1-3-18-7-6-12(16-18)15-13(19)14(2)9-10(17-20-14)11-5-4-8-21-11/h4-8H,3,9H2,1-2H3,(H,15,16,19)/t14-/m0/s1. The number of hydrogen-bond donors (Lipinski definition) is 1. The molecule has 1 aliphatic rings. The van der Waals surface area contributed by atoms with Crippen LogP contribution in [0.5, 0.6) is 0 Å². The van der Waals surface area contributed by atoms with E-state index in [1.807, 2.05) is 30.6 Å². The lowest BCUT2D eigenvalue weighted by molar-refractivity contribution is -0.135. The third-order valence-electron chi connectivity index (χ3n) is 3.35. The van der Waals surface area contributed by atoms with Crippen LogP contribution in [0.3, 0.4) is 0 Å². The van der Waals surface area contributed by atoms with E-state index < -0.39 is 5.60 Å². The fourth-order valence-corrected chi connectivity index (χ4v) is 2.80. The maximum absolute atomic E-state index is 12.4. The van der Waals surface area contributed by atoms with Crippen LogP contribution in [0.2, 0.25) is 0 Å². The molecule has 2 aromatic heterocycles. The molecule has 21 heavy (non-hydrogen) atoms. The molecule has 3 rings (SSSR count). The molecule has 1 amide bonds. The molecule has 7 heteroatoms. The molecule has 0 aromatic carbocycles. The minimum absolute atomic E-state index is 0.237. The predicted octanol–water partition coefficient (Wildman–Crippen LogP) is 2.49. The van der Waals surface area contributed by atoms with E-state index in [0.717, 1.165) is 17.1 Å². The molecule has 3 heterocycles. The second-order valence-electron chi connectivity index (χ2n) is 5.02. The van der Waals surface area contributed by atoms with E-state index >= 15 is 0 Å². The van der Waals surface area contributed by atoms with Crippen molar-refractivity contribution in [1.82, 2.24) is 9.78 Å². The number of hydrogen-bond acceptors (Lipinski definition) is 5. The minimum atomic E-state index is -0.991. The second-order valence-corrected chi connectivity index (χ2v) is 5.97. The fraction of sp³-hybridized carbons (Fsp3) is 0.357. The Labute approximate surface area is 126 Å². The van der Waals surface area contributed by atoms with E-state index in [2.05, 4.69) is 15.6 Å². The van der Waals surface area contributed by atoms with Crippen molar-refractivity contribution < 1.29 is 9.63 Å². The van der Waals surface area contributed by atoms with Crippen molar-refractivity contribution in [3.63, 3.8) is 0 Å². The molecule has 0 radical (unpaired) electrons. The maximum atomic E-state index is 12.4. The lowest BCUT2D eigenvalue weighted by atomic mass is 9.98. The van der Waals surface area contributed by atoms with Crippen molar-refractivity contribution in [2.24, 2.45) is 5.16 Å². The Balaban J connectivity index is 1.68. The van der Waals surface area contributed by atoms with Gasteiger partial charge in [-0.15, -0.1) is 11.3 Å². The average molecular weight is 304 g/mol. The monoisotopic (exact) mass is 304 g/mol. The van der Waals surface area contributed by atoms with Crippen molar-refractivity contribution in [2.45, 2.75) is 32.4 Å². The molecule has 0 saturated carbocycles. The molecule has 6 nitrogen and oxygen atoms in total. The number of anilines is 1. The molecule has 0 aliphatic carbocycles. The zero-order valence-electron chi connectivity index (χ0n) is 11.9. The van der Waals surface area contributed by atoms with Crippen LogP contribution in [0, 0.1) is 0 Å². The summed E-state index contributed by atoms with van der Waals surface area (Å²) < 4.78 is 1.75. The quantitative estimate of drug-likeness (QED) is 0.943. The SMILES string of the molecule is CCn1ccc(NC(=O)[C@]2(C)CC(c3cccs3)=NO2)n1. The first-order chi connectivity index (χ1) is 10.1. The summed E-state index contributed by atoms with van der Waals surface area (Å²) in [5, 5.41) is 13.0. The van der Waals surface area contributed by atoms with E-state index in [9.17, 15) is 4.79 Å². The van der Waals surface area contributed by atoms with Crippen molar-refractivity contribution in [1.29, 1.82) is 0 Å². The Kier molecular flexibility index (Phi) is 3.50. The number of nitrogens with one attached hydrogen (secondary N) is 1. The molecule has 0 unspecified atom stereocenters. The molecule has 0 spiro atoms. The third kappa shape index (κ3) is 2.69. The molecule has 1 aliphatic heterocycles. The van der Waals surface area contributed by atoms with Crippen LogP contribution in [0.15, 0.2) is 34.9 Å². The topological polar surface area (TPSA) is 68.5 Å². The largest absolute Gasteiger partial charge is 0.379 e. The molecule has 2 aromatic rings. The fourth-order valence-electron chi connectivity index (χ4n) is 2.09. The Morgan fingerprint density at radius 2 is 2.43 bits per heavy atom. The molecule has 0 bridgehead atoms. The summed E-state index contributed by atoms with van der Waals surface area (Å²) in [6, 6.07) is 5.69. The first kappa shape index (κ1) is 13.8. The van der Waals surface area contributed by atoms with E-state index in [1.165, 1.54) is 0 Å². The van der Waals surface area contributed by atoms with Crippen molar-refractivity contribution >= 4 is 28.8 Å². The van der Waals surface area contributed by atoms with Crippen molar-refractivity contribution in [3.8, 4) is 0 Å². The van der Waals surface area contributed by atoms with Crippen LogP contribution < -0.4 is 5.32 Å². The van der Waals surface area contributed by atoms with E-state index in [4.69, 9.17) is 4.84 Å². The van der Waals surface area contributed by atoms with Gasteiger partial charge in [-0.2, -0.15) is 5.10 Å². The summed E-state index contributed by atoms with van der Waals surface area (Å²) in [6.45, 7) is 4.49. The average Bonchev–Trinajstić information content (AvgIpc) is 3.18. The summed E-state index contributed by atoms with van der Waals surface area (Å²) in [6.07, 6.45) is 2.27. The van der Waals surface area contributed by atoms with Gasteiger partial charge in [-0.25, -0.2) is 0 Å². The number of aryl methyl sites for hydroxylation is 1. The minimum Gasteiger partial charge on any atom is -0.379 e. The number of amides is 1. The van der Waals surface area contributed by atoms with Crippen molar-refractivity contribution in [2.75, 3.05) is 5.32 Å². The lowest BCUT2D eigenvalue weighted by Crippen LogP contribution is -2.40. The zero-order chi connectivity index (χ0) is 14.9. The van der Waals surface area contributed by atoms with Gasteiger partial charge >= 0.3 is 0 Å². The number of aromatic nitrogens is 2. The Hall–Kier alpha value is -2.15. The van der Waals surface area contributed by atoms with Crippen molar-refractivity contribution in [3.05, 3.63) is 34.7 Å². The molecule has 1 N–H and O–H groups in total. The molecular weight excluding hydrogens is 288 g/mol. The number of carbonyl (C=O) groups is 1. The van der Waals surface area contributed by atoms with Crippen LogP contribution in [0.1, 0.15) is 25.1 Å². The van der Waals surface area contributed by atoms with Gasteiger partial charge in [-0.05, 0) is 25.3 Å². The molecule has 0 fully saturated rings. The summed E-state index contributed by atoms with van der Waals surface area (Å²) in [5.41, 5.74) is -0.184. The van der Waals surface area contributed by atoms with Crippen LogP contribution in [0.4, 0.5) is 5.82 Å². The highest BCUT2D eigenvalue weighted by Gasteiger charge is 2.42. The van der Waals surface area contributed by atoms with Gasteiger partial charge in [0.05, 0.1) is 4.88 Å². The summed E-state index contributed by atoms with van der Waals surface area (Å²) in [5.74, 6) is 0.287. The van der Waals surface area contributed by atoms with Gasteiger partial charge in [-0.3, -0.25) is 9.48 Å². The van der Waals surface area contributed by atoms with Gasteiger partial charge in [0.2, 0.25) is 5.60 Å². The molecular formula is C14H16N4O2S. The van der Waals surface area contributed by atoms with Gasteiger partial charge in [0.15, 0.2) is 5.82 Å². The highest BCUT2D eigenvalue weighted by atomic mass is 32.1. The summed E-state index contributed by atoms with van der Waals surface area (Å²) in [7, 11) is 0. The first-order valence-electron chi connectivity index (χ1n) is 6.74. The predicted molar refractivity (Wildman–Crippen MR) is 81.5 cm³/mol. The highest BCUT2D eigenvalue weighted by Crippen LogP contribution is 2.29. The van der Waals surface area contributed by atoms with E-state index in [-0.39, 0.29) is 5.91 Å². The number of carbonyl (C=O) groups excluding carboxylic acids is 1. The van der Waals surface area contributed by atoms with Crippen LogP contribution in [0.25, 0.3) is 0 Å². The van der Waals surface area contributed by atoms with Gasteiger partial charge in [0.1, 0.15) is 5.71 Å². The molecule has 0 saturated heterocycles. The van der Waals surface area contributed by atoms with Gasteiger partial charge in [-0.1, -0.05) is 11.2 Å². The Morgan fingerprint density at radius 1 is 1.57 bits per heavy atom. The maximum Gasteiger partial charge on any atom is 0.272 e. The van der Waals surface area contributed by atoms with Crippen LogP contribution in [-0.4, -0.2) is 27.0 Å². The summed E-state index contributed by atoms with van der Waals surface area (Å²) in [4.78, 5) is 18.8. The smallest absolute Gasteiger partial charge is 0.272 e.